The summed E-state index contributed by atoms with van der Waals surface area (Å²) in [5.41, 5.74) is 0. The Morgan fingerprint density at radius 3 is 2.67 bits per heavy atom. The lowest BCUT2D eigenvalue weighted by atomic mass is 10.1. The van der Waals surface area contributed by atoms with Crippen LogP contribution < -0.4 is 5.32 Å². The van der Waals surface area contributed by atoms with Gasteiger partial charge in [0, 0.05) is 25.5 Å². The number of hydrogen-bond acceptors (Lipinski definition) is 6. The van der Waals surface area contributed by atoms with Gasteiger partial charge in [-0.25, -0.2) is 18.4 Å². The zero-order chi connectivity index (χ0) is 13.2. The van der Waals surface area contributed by atoms with Crippen molar-refractivity contribution in [3.05, 3.63) is 12.0 Å². The summed E-state index contributed by atoms with van der Waals surface area (Å²) in [6.45, 7) is 3.12. The van der Waals surface area contributed by atoms with E-state index in [2.05, 4.69) is 15.3 Å². The summed E-state index contributed by atoms with van der Waals surface area (Å²) >= 11 is 0. The van der Waals surface area contributed by atoms with E-state index in [0.29, 0.717) is 24.9 Å². The Balaban J connectivity index is 2.27. The number of aromatic nitrogens is 2. The quantitative estimate of drug-likeness (QED) is 0.875. The fourth-order valence-electron chi connectivity index (χ4n) is 1.87. The van der Waals surface area contributed by atoms with E-state index in [1.807, 2.05) is 0 Å². The topological polar surface area (TPSA) is 81.2 Å². The van der Waals surface area contributed by atoms with Crippen LogP contribution in [-0.4, -0.2) is 43.9 Å². The van der Waals surface area contributed by atoms with Gasteiger partial charge in [0.05, 0.1) is 6.20 Å². The van der Waals surface area contributed by atoms with Crippen LogP contribution in [0.3, 0.4) is 0 Å². The molecule has 0 atom stereocenters. The van der Waals surface area contributed by atoms with Gasteiger partial charge in [-0.3, -0.25) is 0 Å². The number of hydrogen-bond donors (Lipinski definition) is 1. The second kappa shape index (κ2) is 5.19. The van der Waals surface area contributed by atoms with Crippen LogP contribution in [0.25, 0.3) is 0 Å². The molecule has 0 saturated carbocycles. The largest absolute Gasteiger partial charge is 0.381 e. The molecule has 0 bridgehead atoms. The van der Waals surface area contributed by atoms with Crippen molar-refractivity contribution in [2.75, 3.05) is 24.8 Å². The summed E-state index contributed by atoms with van der Waals surface area (Å²) in [5.74, 6) is 0.953. The highest BCUT2D eigenvalue weighted by molar-refractivity contribution is 7.90. The molecule has 0 amide bonds. The zero-order valence-electron chi connectivity index (χ0n) is 10.5. The maximum atomic E-state index is 11.7. The third kappa shape index (κ3) is 3.17. The molecule has 1 aliphatic heterocycles. The van der Waals surface area contributed by atoms with Gasteiger partial charge in [0.1, 0.15) is 16.5 Å². The van der Waals surface area contributed by atoms with Crippen LogP contribution in [-0.2, 0) is 14.6 Å². The Hall–Kier alpha value is -1.21. The van der Waals surface area contributed by atoms with Crippen molar-refractivity contribution in [1.29, 1.82) is 0 Å². The van der Waals surface area contributed by atoms with E-state index in [-0.39, 0.29) is 10.9 Å². The molecule has 1 N–H and O–H groups in total. The van der Waals surface area contributed by atoms with Gasteiger partial charge in [-0.15, -0.1) is 0 Å². The average molecular weight is 271 g/mol. The van der Waals surface area contributed by atoms with E-state index in [4.69, 9.17) is 4.74 Å². The SMILES string of the molecule is Cc1ncc(S(C)(=O)=O)c(NC2CCOCC2)n1. The molecule has 1 aromatic rings. The first kappa shape index (κ1) is 13.2. The number of nitrogens with zero attached hydrogens (tertiary/aromatic N) is 2. The summed E-state index contributed by atoms with van der Waals surface area (Å²) in [5, 5.41) is 3.19. The standard InChI is InChI=1S/C11H17N3O3S/c1-8-12-7-10(18(2,15)16)11(13-8)14-9-3-5-17-6-4-9/h7,9H,3-6H2,1-2H3,(H,12,13,14). The van der Waals surface area contributed by atoms with E-state index >= 15 is 0 Å². The lowest BCUT2D eigenvalue weighted by molar-refractivity contribution is 0.0903. The van der Waals surface area contributed by atoms with Gasteiger partial charge >= 0.3 is 0 Å². The van der Waals surface area contributed by atoms with Crippen molar-refractivity contribution >= 4 is 15.7 Å². The van der Waals surface area contributed by atoms with Gasteiger partial charge in [0.15, 0.2) is 9.84 Å². The normalized spacial score (nSPS) is 17.7. The minimum absolute atomic E-state index is 0.152. The summed E-state index contributed by atoms with van der Waals surface area (Å²) < 4.78 is 28.6. The molecular formula is C11H17N3O3S. The minimum Gasteiger partial charge on any atom is -0.381 e. The monoisotopic (exact) mass is 271 g/mol. The fraction of sp³-hybridized carbons (Fsp3) is 0.636. The van der Waals surface area contributed by atoms with Crippen molar-refractivity contribution in [2.24, 2.45) is 0 Å². The summed E-state index contributed by atoms with van der Waals surface area (Å²) in [7, 11) is -3.32. The average Bonchev–Trinajstić information content (AvgIpc) is 2.28. The number of sulfone groups is 1. The second-order valence-electron chi connectivity index (χ2n) is 4.43. The molecule has 1 fully saturated rings. The van der Waals surface area contributed by atoms with Gasteiger partial charge in [0.25, 0.3) is 0 Å². The predicted molar refractivity (Wildman–Crippen MR) is 67.3 cm³/mol. The van der Waals surface area contributed by atoms with Gasteiger partial charge in [-0.05, 0) is 19.8 Å². The zero-order valence-corrected chi connectivity index (χ0v) is 11.3. The molecule has 7 heteroatoms. The Labute approximate surface area is 107 Å². The van der Waals surface area contributed by atoms with Crippen LogP contribution in [0.5, 0.6) is 0 Å². The van der Waals surface area contributed by atoms with Gasteiger partial charge in [0.2, 0.25) is 0 Å². The van der Waals surface area contributed by atoms with E-state index in [9.17, 15) is 8.42 Å². The number of nitrogens with one attached hydrogen (secondary N) is 1. The molecule has 0 aliphatic carbocycles. The second-order valence-corrected chi connectivity index (χ2v) is 6.42. The van der Waals surface area contributed by atoms with Crippen LogP contribution in [0, 0.1) is 6.92 Å². The van der Waals surface area contributed by atoms with Crippen molar-refractivity contribution in [3.63, 3.8) is 0 Å². The first-order chi connectivity index (χ1) is 8.47. The maximum absolute atomic E-state index is 11.7. The Morgan fingerprint density at radius 2 is 2.06 bits per heavy atom. The number of anilines is 1. The van der Waals surface area contributed by atoms with Gasteiger partial charge in [-0.1, -0.05) is 0 Å². The first-order valence-corrected chi connectivity index (χ1v) is 7.74. The molecule has 0 radical (unpaired) electrons. The predicted octanol–water partition coefficient (Wildman–Crippen LogP) is 0.779. The molecule has 0 unspecified atom stereocenters. The Kier molecular flexibility index (Phi) is 3.82. The fourth-order valence-corrected chi connectivity index (χ4v) is 2.57. The smallest absolute Gasteiger partial charge is 0.180 e. The van der Waals surface area contributed by atoms with Crippen LogP contribution >= 0.6 is 0 Å². The molecule has 1 saturated heterocycles. The molecule has 6 nitrogen and oxygen atoms in total. The lowest BCUT2D eigenvalue weighted by Crippen LogP contribution is -2.29. The van der Waals surface area contributed by atoms with Crippen LogP contribution in [0.4, 0.5) is 5.82 Å². The number of rotatable bonds is 3. The van der Waals surface area contributed by atoms with Crippen LogP contribution in [0.1, 0.15) is 18.7 Å². The molecule has 2 heterocycles. The Bertz CT molecular complexity index is 524. The number of ether oxygens (including phenoxy) is 1. The first-order valence-electron chi connectivity index (χ1n) is 5.85. The third-order valence-electron chi connectivity index (χ3n) is 2.84. The molecule has 0 spiro atoms. The number of aryl methyl sites for hydroxylation is 1. The van der Waals surface area contributed by atoms with Crippen molar-refractivity contribution < 1.29 is 13.2 Å². The van der Waals surface area contributed by atoms with E-state index in [0.717, 1.165) is 19.1 Å². The summed E-state index contributed by atoms with van der Waals surface area (Å²) in [4.78, 5) is 8.29. The van der Waals surface area contributed by atoms with E-state index in [1.54, 1.807) is 6.92 Å². The lowest BCUT2D eigenvalue weighted by Gasteiger charge is -2.24. The van der Waals surface area contributed by atoms with E-state index < -0.39 is 9.84 Å². The highest BCUT2D eigenvalue weighted by atomic mass is 32.2. The van der Waals surface area contributed by atoms with Crippen LogP contribution in [0.2, 0.25) is 0 Å². The van der Waals surface area contributed by atoms with E-state index in [1.165, 1.54) is 6.20 Å². The molecule has 0 aromatic carbocycles. The van der Waals surface area contributed by atoms with Crippen molar-refractivity contribution in [2.45, 2.75) is 30.7 Å². The summed E-state index contributed by atoms with van der Waals surface area (Å²) in [6, 6.07) is 0.202. The summed E-state index contributed by atoms with van der Waals surface area (Å²) in [6.07, 6.45) is 4.23. The van der Waals surface area contributed by atoms with Crippen molar-refractivity contribution in [3.8, 4) is 0 Å². The minimum atomic E-state index is -3.32. The van der Waals surface area contributed by atoms with Crippen molar-refractivity contribution in [1.82, 2.24) is 9.97 Å². The molecule has 1 aliphatic rings. The maximum Gasteiger partial charge on any atom is 0.180 e. The molecule has 1 aromatic heterocycles. The van der Waals surface area contributed by atoms with Gasteiger partial charge < -0.3 is 10.1 Å². The van der Waals surface area contributed by atoms with Crippen LogP contribution in [0.15, 0.2) is 11.1 Å². The molecular weight excluding hydrogens is 254 g/mol. The molecule has 100 valence electrons. The third-order valence-corrected chi connectivity index (χ3v) is 3.93. The Morgan fingerprint density at radius 1 is 1.39 bits per heavy atom. The van der Waals surface area contributed by atoms with Gasteiger partial charge in [-0.2, -0.15) is 0 Å². The molecule has 2 rings (SSSR count). The highest BCUT2D eigenvalue weighted by Crippen LogP contribution is 2.21. The molecule has 18 heavy (non-hydrogen) atoms. The highest BCUT2D eigenvalue weighted by Gasteiger charge is 2.20.